The average Bonchev–Trinajstić information content (AvgIpc) is 2.49. The Labute approximate surface area is 126 Å². The first-order valence-electron chi connectivity index (χ1n) is 7.86. The molecular formula is C16H27N3O2. The summed E-state index contributed by atoms with van der Waals surface area (Å²) in [6, 6.07) is 0.370. The Balaban J connectivity index is 2.09. The molecule has 0 radical (unpaired) electrons. The Morgan fingerprint density at radius 2 is 1.62 bits per heavy atom. The fourth-order valence-electron chi connectivity index (χ4n) is 3.54. The largest absolute Gasteiger partial charge is 0.373 e. The number of nitrogens with zero attached hydrogens (tertiary/aromatic N) is 2. The van der Waals surface area contributed by atoms with Gasteiger partial charge in [-0.15, -0.1) is 0 Å². The highest BCUT2D eigenvalue weighted by Gasteiger charge is 2.29. The van der Waals surface area contributed by atoms with E-state index in [4.69, 9.17) is 0 Å². The summed E-state index contributed by atoms with van der Waals surface area (Å²) in [5.41, 5.74) is 0.405. The molecule has 1 saturated carbocycles. The molecule has 1 aromatic rings. The van der Waals surface area contributed by atoms with Gasteiger partial charge in [-0.2, -0.15) is 0 Å². The van der Waals surface area contributed by atoms with Crippen LogP contribution >= 0.6 is 0 Å². The first-order chi connectivity index (χ1) is 9.97. The summed E-state index contributed by atoms with van der Waals surface area (Å²) in [7, 11) is 7.52. The van der Waals surface area contributed by atoms with Crippen molar-refractivity contribution in [1.82, 2.24) is 5.32 Å². The van der Waals surface area contributed by atoms with Crippen molar-refractivity contribution in [1.29, 1.82) is 0 Å². The van der Waals surface area contributed by atoms with Gasteiger partial charge in [0.25, 0.3) is 10.9 Å². The van der Waals surface area contributed by atoms with E-state index in [-0.39, 0.29) is 10.9 Å². The van der Waals surface area contributed by atoms with Crippen LogP contribution in [0.1, 0.15) is 32.1 Å². The number of anilines is 2. The fraction of sp³-hybridized carbons (Fsp3) is 0.750. The van der Waals surface area contributed by atoms with Crippen molar-refractivity contribution in [2.45, 2.75) is 38.1 Å². The maximum absolute atomic E-state index is 11.9. The molecule has 1 fully saturated rings. The van der Waals surface area contributed by atoms with E-state index in [0.29, 0.717) is 23.3 Å². The topological polar surface area (TPSA) is 52.6 Å². The molecule has 118 valence electrons. The van der Waals surface area contributed by atoms with Crippen LogP contribution in [0.5, 0.6) is 0 Å². The van der Waals surface area contributed by atoms with Gasteiger partial charge in [-0.05, 0) is 25.8 Å². The first-order valence-corrected chi connectivity index (χ1v) is 7.86. The van der Waals surface area contributed by atoms with E-state index in [1.807, 2.05) is 33.1 Å². The van der Waals surface area contributed by atoms with Crippen molar-refractivity contribution in [2.75, 3.05) is 44.5 Å². The molecule has 1 aliphatic carbocycles. The van der Waals surface area contributed by atoms with Crippen molar-refractivity contribution in [3.05, 3.63) is 20.4 Å². The Hall–Kier alpha value is -1.36. The zero-order valence-electron chi connectivity index (χ0n) is 13.6. The predicted molar refractivity (Wildman–Crippen MR) is 88.4 cm³/mol. The van der Waals surface area contributed by atoms with Crippen LogP contribution in [0, 0.1) is 5.92 Å². The van der Waals surface area contributed by atoms with Crippen LogP contribution < -0.4 is 26.0 Å². The Kier molecular flexibility index (Phi) is 5.04. The quantitative estimate of drug-likeness (QED) is 0.792. The lowest BCUT2D eigenvalue weighted by Gasteiger charge is -2.35. The molecule has 5 nitrogen and oxygen atoms in total. The van der Waals surface area contributed by atoms with Gasteiger partial charge in [0.2, 0.25) is 0 Å². The normalized spacial score (nSPS) is 17.9. The molecule has 5 heteroatoms. The second-order valence-corrected chi connectivity index (χ2v) is 6.42. The van der Waals surface area contributed by atoms with Crippen molar-refractivity contribution in [2.24, 2.45) is 5.92 Å². The molecule has 0 heterocycles. The molecule has 1 aliphatic rings. The molecular weight excluding hydrogens is 266 g/mol. The lowest BCUT2D eigenvalue weighted by molar-refractivity contribution is 0.280. The van der Waals surface area contributed by atoms with Gasteiger partial charge in [0, 0.05) is 33.7 Å². The molecule has 0 aliphatic heterocycles. The monoisotopic (exact) mass is 293 g/mol. The lowest BCUT2D eigenvalue weighted by atomic mass is 9.83. The summed E-state index contributed by atoms with van der Waals surface area (Å²) in [6.45, 7) is 0.771. The smallest absolute Gasteiger partial charge is 0.253 e. The molecule has 0 amide bonds. The molecule has 21 heavy (non-hydrogen) atoms. The van der Waals surface area contributed by atoms with E-state index >= 15 is 0 Å². The highest BCUT2D eigenvalue weighted by atomic mass is 16.2. The van der Waals surface area contributed by atoms with E-state index < -0.39 is 0 Å². The summed E-state index contributed by atoms with van der Waals surface area (Å²) in [6.07, 6.45) is 6.45. The molecule has 2 rings (SSSR count). The molecule has 1 atom stereocenters. The van der Waals surface area contributed by atoms with Gasteiger partial charge in [0.05, 0.1) is 0 Å². The van der Waals surface area contributed by atoms with Crippen LogP contribution in [0.4, 0.5) is 11.4 Å². The summed E-state index contributed by atoms with van der Waals surface area (Å²) < 4.78 is 0. The molecule has 1 unspecified atom stereocenters. The maximum Gasteiger partial charge on any atom is 0.253 e. The Bertz CT molecular complexity index is 540. The van der Waals surface area contributed by atoms with Gasteiger partial charge in [-0.1, -0.05) is 19.3 Å². The molecule has 0 spiro atoms. The summed E-state index contributed by atoms with van der Waals surface area (Å²) in [5, 5.41) is 3.40. The summed E-state index contributed by atoms with van der Waals surface area (Å²) >= 11 is 0. The SMILES string of the molecule is CNC(CN(C)c1c(N(C)C)c(=O)c1=O)C1CCCCC1. The minimum Gasteiger partial charge on any atom is -0.373 e. The van der Waals surface area contributed by atoms with E-state index in [2.05, 4.69) is 5.32 Å². The molecule has 1 N–H and O–H groups in total. The van der Waals surface area contributed by atoms with Crippen LogP contribution in [0.15, 0.2) is 9.59 Å². The van der Waals surface area contributed by atoms with Crippen molar-refractivity contribution in [3.8, 4) is 0 Å². The minimum absolute atomic E-state index is 0.348. The third-order valence-corrected chi connectivity index (χ3v) is 4.75. The van der Waals surface area contributed by atoms with Gasteiger partial charge in [-0.25, -0.2) is 0 Å². The minimum atomic E-state index is -0.361. The van der Waals surface area contributed by atoms with Crippen molar-refractivity contribution < 1.29 is 0 Å². The molecule has 0 saturated heterocycles. The molecule has 0 aromatic heterocycles. The Morgan fingerprint density at radius 1 is 1.05 bits per heavy atom. The van der Waals surface area contributed by atoms with E-state index in [9.17, 15) is 9.59 Å². The maximum atomic E-state index is 11.9. The molecule has 0 bridgehead atoms. The molecule has 1 aromatic carbocycles. The second-order valence-electron chi connectivity index (χ2n) is 6.42. The summed E-state index contributed by atoms with van der Waals surface area (Å²) in [5.74, 6) is 0.667. The average molecular weight is 293 g/mol. The van der Waals surface area contributed by atoms with Gasteiger partial charge in [-0.3, -0.25) is 9.59 Å². The number of hydrogen-bond donors (Lipinski definition) is 1. The zero-order chi connectivity index (χ0) is 15.6. The van der Waals surface area contributed by atoms with Gasteiger partial charge in [0.15, 0.2) is 0 Å². The third-order valence-electron chi connectivity index (χ3n) is 4.75. The predicted octanol–water partition coefficient (Wildman–Crippen LogP) is 0.953. The van der Waals surface area contributed by atoms with Crippen molar-refractivity contribution >= 4 is 11.4 Å². The Morgan fingerprint density at radius 3 is 2.14 bits per heavy atom. The van der Waals surface area contributed by atoms with Crippen LogP contribution in [0.25, 0.3) is 0 Å². The van der Waals surface area contributed by atoms with Gasteiger partial charge >= 0.3 is 0 Å². The number of nitrogens with one attached hydrogen (secondary N) is 1. The third kappa shape index (κ3) is 3.12. The highest BCUT2D eigenvalue weighted by Crippen LogP contribution is 2.28. The fourth-order valence-corrected chi connectivity index (χ4v) is 3.54. The number of likely N-dealkylation sites (N-methyl/N-ethyl adjacent to an activating group) is 2. The number of rotatable bonds is 6. The van der Waals surface area contributed by atoms with Crippen LogP contribution in [-0.4, -0.2) is 40.8 Å². The highest BCUT2D eigenvalue weighted by molar-refractivity contribution is 5.75. The second kappa shape index (κ2) is 6.60. The van der Waals surface area contributed by atoms with E-state index in [1.165, 1.54) is 32.1 Å². The van der Waals surface area contributed by atoms with E-state index in [1.54, 1.807) is 4.90 Å². The first kappa shape index (κ1) is 16.0. The standard InChI is InChI=1S/C16H27N3O2/c1-17-12(11-8-6-5-7-9-11)10-19(4)14-13(18(2)3)15(20)16(14)21/h11-12,17H,5-10H2,1-4H3. The van der Waals surface area contributed by atoms with Crippen molar-refractivity contribution in [3.63, 3.8) is 0 Å². The van der Waals surface area contributed by atoms with Gasteiger partial charge < -0.3 is 15.1 Å². The van der Waals surface area contributed by atoms with Crippen LogP contribution in [-0.2, 0) is 0 Å². The van der Waals surface area contributed by atoms with Crippen LogP contribution in [0.3, 0.4) is 0 Å². The summed E-state index contributed by atoms with van der Waals surface area (Å²) in [4.78, 5) is 27.2. The van der Waals surface area contributed by atoms with Crippen LogP contribution in [0.2, 0.25) is 0 Å². The lowest BCUT2D eigenvalue weighted by Crippen LogP contribution is -2.49. The number of hydrogen-bond acceptors (Lipinski definition) is 5. The van der Waals surface area contributed by atoms with E-state index in [0.717, 1.165) is 6.54 Å². The van der Waals surface area contributed by atoms with Gasteiger partial charge in [0.1, 0.15) is 11.4 Å². The zero-order valence-corrected chi connectivity index (χ0v) is 13.6.